The molecule has 1 saturated heterocycles. The first-order valence-corrected chi connectivity index (χ1v) is 7.47. The van der Waals surface area contributed by atoms with Crippen LogP contribution in [-0.4, -0.2) is 27.1 Å². The summed E-state index contributed by atoms with van der Waals surface area (Å²) in [5, 5.41) is 2.29. The quantitative estimate of drug-likeness (QED) is 0.870. The highest BCUT2D eigenvalue weighted by atomic mass is 15.5. The van der Waals surface area contributed by atoms with E-state index in [1.54, 1.807) is 0 Å². The molecule has 0 bridgehead atoms. The summed E-state index contributed by atoms with van der Waals surface area (Å²) in [4.78, 5) is 8.97. The van der Waals surface area contributed by atoms with E-state index in [9.17, 15) is 0 Å². The van der Waals surface area contributed by atoms with Gasteiger partial charge in [0.1, 0.15) is 17.5 Å². The van der Waals surface area contributed by atoms with E-state index in [4.69, 9.17) is 5.73 Å². The maximum Gasteiger partial charge on any atom is 0.146 e. The molecule has 0 aliphatic carbocycles. The Bertz CT molecular complexity index is 456. The summed E-state index contributed by atoms with van der Waals surface area (Å²) in [6.45, 7) is 10.8. The van der Waals surface area contributed by atoms with Crippen molar-refractivity contribution in [2.75, 3.05) is 11.2 Å². The molecule has 2 rings (SSSR count). The Labute approximate surface area is 121 Å². The lowest BCUT2D eigenvalue weighted by molar-refractivity contribution is 0.135. The molecule has 1 aromatic rings. The van der Waals surface area contributed by atoms with Crippen molar-refractivity contribution in [2.45, 2.75) is 71.4 Å². The van der Waals surface area contributed by atoms with Crippen LogP contribution in [0.1, 0.15) is 59.7 Å². The molecule has 3 N–H and O–H groups in total. The monoisotopic (exact) mass is 277 g/mol. The number of piperidine rings is 1. The molecule has 0 radical (unpaired) electrons. The Morgan fingerprint density at radius 2 is 1.80 bits per heavy atom. The minimum Gasteiger partial charge on any atom is -0.384 e. The number of hydrazine groups is 1. The summed E-state index contributed by atoms with van der Waals surface area (Å²) < 4.78 is 0. The van der Waals surface area contributed by atoms with E-state index in [0.717, 1.165) is 11.6 Å². The van der Waals surface area contributed by atoms with Gasteiger partial charge in [0.05, 0.1) is 0 Å². The van der Waals surface area contributed by atoms with E-state index < -0.39 is 0 Å². The summed E-state index contributed by atoms with van der Waals surface area (Å²) >= 11 is 0. The first-order valence-electron chi connectivity index (χ1n) is 7.47. The number of hydrogen-bond acceptors (Lipinski definition) is 5. The van der Waals surface area contributed by atoms with Gasteiger partial charge >= 0.3 is 0 Å². The fraction of sp³-hybridized carbons (Fsp3) is 0.733. The largest absolute Gasteiger partial charge is 0.384 e. The van der Waals surface area contributed by atoms with E-state index in [2.05, 4.69) is 55.0 Å². The van der Waals surface area contributed by atoms with Gasteiger partial charge in [-0.3, -0.25) is 0 Å². The van der Waals surface area contributed by atoms with Crippen molar-refractivity contribution >= 4 is 11.6 Å². The van der Waals surface area contributed by atoms with Gasteiger partial charge in [0.15, 0.2) is 0 Å². The number of rotatable bonds is 2. The Morgan fingerprint density at radius 3 is 2.35 bits per heavy atom. The van der Waals surface area contributed by atoms with Crippen molar-refractivity contribution in [3.63, 3.8) is 0 Å². The molecule has 112 valence electrons. The Hall–Kier alpha value is -1.36. The summed E-state index contributed by atoms with van der Waals surface area (Å²) in [5.74, 6) is 2.09. The standard InChI is InChI=1S/C15H27N5/c1-10-7-6-8-11(2)20(10)19-13-9-12(16)17-14(18-13)15(3,4)5/h9-11H,6-8H2,1-5H3,(H3,16,17,18,19). The van der Waals surface area contributed by atoms with Crippen molar-refractivity contribution in [2.24, 2.45) is 0 Å². The first kappa shape index (κ1) is 15.0. The molecule has 2 unspecified atom stereocenters. The molecule has 1 aromatic heterocycles. The number of nitrogens with zero attached hydrogens (tertiary/aromatic N) is 3. The lowest BCUT2D eigenvalue weighted by Gasteiger charge is -2.39. The van der Waals surface area contributed by atoms with Gasteiger partial charge in [0.2, 0.25) is 0 Å². The molecular formula is C15H27N5. The Kier molecular flexibility index (Phi) is 4.18. The van der Waals surface area contributed by atoms with E-state index in [1.807, 2.05) is 6.07 Å². The van der Waals surface area contributed by atoms with Crippen molar-refractivity contribution < 1.29 is 0 Å². The summed E-state index contributed by atoms with van der Waals surface area (Å²) in [6, 6.07) is 2.82. The highest BCUT2D eigenvalue weighted by molar-refractivity contribution is 5.44. The Morgan fingerprint density at radius 1 is 1.20 bits per heavy atom. The zero-order valence-electron chi connectivity index (χ0n) is 13.3. The molecule has 2 atom stereocenters. The van der Waals surface area contributed by atoms with Crippen LogP contribution in [0.4, 0.5) is 11.6 Å². The second-order valence-corrected chi connectivity index (χ2v) is 6.90. The lowest BCUT2D eigenvalue weighted by atomic mass is 9.96. The second-order valence-electron chi connectivity index (χ2n) is 6.90. The van der Waals surface area contributed by atoms with Gasteiger partial charge in [-0.15, -0.1) is 0 Å². The average Bonchev–Trinajstić information content (AvgIpc) is 2.32. The van der Waals surface area contributed by atoms with Crippen LogP contribution in [0.2, 0.25) is 0 Å². The van der Waals surface area contributed by atoms with Gasteiger partial charge in [0.25, 0.3) is 0 Å². The minimum atomic E-state index is -0.106. The summed E-state index contributed by atoms with van der Waals surface area (Å²) in [6.07, 6.45) is 3.72. The number of nitrogens with one attached hydrogen (secondary N) is 1. The lowest BCUT2D eigenvalue weighted by Crippen LogP contribution is -2.47. The molecule has 5 nitrogen and oxygen atoms in total. The van der Waals surface area contributed by atoms with Crippen LogP contribution in [-0.2, 0) is 5.41 Å². The predicted molar refractivity (Wildman–Crippen MR) is 83.4 cm³/mol. The topological polar surface area (TPSA) is 67.1 Å². The van der Waals surface area contributed by atoms with Crippen LogP contribution >= 0.6 is 0 Å². The smallest absolute Gasteiger partial charge is 0.146 e. The molecule has 1 aliphatic rings. The van der Waals surface area contributed by atoms with Gasteiger partial charge in [-0.05, 0) is 26.7 Å². The Balaban J connectivity index is 2.22. The van der Waals surface area contributed by atoms with Crippen LogP contribution in [0, 0.1) is 0 Å². The van der Waals surface area contributed by atoms with E-state index in [0.29, 0.717) is 17.9 Å². The molecule has 1 aliphatic heterocycles. The molecule has 1 fully saturated rings. The SMILES string of the molecule is CC1CCCC(C)N1Nc1cc(N)nc(C(C)(C)C)n1. The zero-order valence-corrected chi connectivity index (χ0v) is 13.3. The number of anilines is 2. The van der Waals surface area contributed by atoms with Crippen LogP contribution in [0.25, 0.3) is 0 Å². The van der Waals surface area contributed by atoms with Gasteiger partial charge in [-0.2, -0.15) is 0 Å². The van der Waals surface area contributed by atoms with E-state index in [-0.39, 0.29) is 5.41 Å². The molecule has 0 saturated carbocycles. The number of nitrogen functional groups attached to an aromatic ring is 1. The predicted octanol–water partition coefficient (Wildman–Crippen LogP) is 2.95. The van der Waals surface area contributed by atoms with Gasteiger partial charge in [-0.1, -0.05) is 27.2 Å². The van der Waals surface area contributed by atoms with Gasteiger partial charge in [-0.25, -0.2) is 15.0 Å². The molecule has 20 heavy (non-hydrogen) atoms. The normalized spacial score (nSPS) is 24.6. The third-order valence-corrected chi connectivity index (χ3v) is 3.85. The third-order valence-electron chi connectivity index (χ3n) is 3.85. The van der Waals surface area contributed by atoms with Crippen LogP contribution < -0.4 is 11.2 Å². The van der Waals surface area contributed by atoms with Crippen molar-refractivity contribution in [3.05, 3.63) is 11.9 Å². The molecular weight excluding hydrogens is 250 g/mol. The fourth-order valence-electron chi connectivity index (χ4n) is 2.63. The van der Waals surface area contributed by atoms with Gasteiger partial charge in [0, 0.05) is 23.6 Å². The molecule has 0 aromatic carbocycles. The number of nitrogens with two attached hydrogens (primary N) is 1. The van der Waals surface area contributed by atoms with Crippen molar-refractivity contribution in [1.29, 1.82) is 0 Å². The summed E-state index contributed by atoms with van der Waals surface area (Å²) in [7, 11) is 0. The minimum absolute atomic E-state index is 0.106. The van der Waals surface area contributed by atoms with Crippen molar-refractivity contribution in [3.8, 4) is 0 Å². The zero-order chi connectivity index (χ0) is 14.9. The number of aromatic nitrogens is 2. The highest BCUT2D eigenvalue weighted by Crippen LogP contribution is 2.25. The first-order chi connectivity index (χ1) is 9.27. The van der Waals surface area contributed by atoms with Gasteiger partial charge < -0.3 is 11.2 Å². The molecule has 0 spiro atoms. The van der Waals surface area contributed by atoms with E-state index in [1.165, 1.54) is 19.3 Å². The van der Waals surface area contributed by atoms with Crippen molar-refractivity contribution in [1.82, 2.24) is 15.0 Å². The maximum absolute atomic E-state index is 5.92. The van der Waals surface area contributed by atoms with E-state index >= 15 is 0 Å². The highest BCUT2D eigenvalue weighted by Gasteiger charge is 2.26. The van der Waals surface area contributed by atoms with Crippen LogP contribution in [0.15, 0.2) is 6.07 Å². The average molecular weight is 277 g/mol. The number of hydrogen-bond donors (Lipinski definition) is 2. The molecule has 0 amide bonds. The second kappa shape index (κ2) is 5.56. The molecule has 2 heterocycles. The maximum atomic E-state index is 5.92. The molecule has 5 heteroatoms. The third kappa shape index (κ3) is 3.39. The fourth-order valence-corrected chi connectivity index (χ4v) is 2.63. The van der Waals surface area contributed by atoms with Crippen LogP contribution in [0.3, 0.4) is 0 Å². The van der Waals surface area contributed by atoms with Crippen LogP contribution in [0.5, 0.6) is 0 Å². The summed E-state index contributed by atoms with van der Waals surface area (Å²) in [5.41, 5.74) is 9.25.